The van der Waals surface area contributed by atoms with Gasteiger partial charge in [-0.15, -0.1) is 0 Å². The van der Waals surface area contributed by atoms with Crippen LogP contribution in [-0.2, 0) is 34.2 Å². The molecule has 12 heteroatoms. The van der Waals surface area contributed by atoms with Gasteiger partial charge < -0.3 is 39.0 Å². The molecule has 9 unspecified atom stereocenters. The first-order valence-electron chi connectivity index (χ1n) is 30.5. The van der Waals surface area contributed by atoms with Crippen molar-refractivity contribution in [2.24, 2.45) is 46.8 Å². The molecule has 0 bridgehead atoms. The fraction of sp³-hybridized carbons (Fsp3) is 0.642. The Kier molecular flexibility index (Phi) is 26.3. The van der Waals surface area contributed by atoms with Crippen LogP contribution in [0.2, 0.25) is 0 Å². The molecule has 1 heterocycles. The summed E-state index contributed by atoms with van der Waals surface area (Å²) in [5.74, 6) is 4.03. The topological polar surface area (TPSA) is 150 Å². The van der Waals surface area contributed by atoms with Crippen LogP contribution in [0.5, 0.6) is 11.5 Å². The quantitative estimate of drug-likeness (QED) is 0.0431. The van der Waals surface area contributed by atoms with E-state index in [4.69, 9.17) is 23.7 Å². The number of hydrogen-bond acceptors (Lipinski definition) is 9. The van der Waals surface area contributed by atoms with Gasteiger partial charge in [-0.25, -0.2) is 4.79 Å². The number of esters is 1. The highest BCUT2D eigenvalue weighted by Crippen LogP contribution is 2.63. The Bertz CT molecular complexity index is 2290. The average Bonchev–Trinajstić information content (AvgIpc) is 4.07. The van der Waals surface area contributed by atoms with E-state index in [1.807, 2.05) is 107 Å². The van der Waals surface area contributed by atoms with Crippen molar-refractivity contribution in [2.45, 2.75) is 189 Å². The molecule has 4 aliphatic carbocycles. The lowest BCUT2D eigenvalue weighted by Gasteiger charge is -2.53. The van der Waals surface area contributed by atoms with Crippen LogP contribution in [-0.4, -0.2) is 86.6 Å². The number of unbranched alkanes of at least 4 members (excludes halogenated alkanes) is 3. The molecule has 0 radical (unpaired) electrons. The number of aliphatic carboxylic acids is 1. The van der Waals surface area contributed by atoms with Crippen LogP contribution in [0, 0.1) is 46.8 Å². The molecule has 3 saturated carbocycles. The Morgan fingerprint density at radius 2 is 1.39 bits per heavy atom. The lowest BCUT2D eigenvalue weighted by Crippen LogP contribution is -2.46. The van der Waals surface area contributed by atoms with Crippen LogP contribution in [0.1, 0.15) is 188 Å². The Morgan fingerprint density at radius 1 is 0.747 bits per heavy atom. The number of alkyl carbamates (subject to hydrolysis) is 1. The zero-order chi connectivity index (χ0) is 57.5. The van der Waals surface area contributed by atoms with E-state index < -0.39 is 29.6 Å². The van der Waals surface area contributed by atoms with Crippen LogP contribution in [0.4, 0.5) is 4.79 Å². The van der Waals surface area contributed by atoms with Crippen molar-refractivity contribution in [3.8, 4) is 11.5 Å². The molecular formula is C67H100N2O10. The van der Waals surface area contributed by atoms with Crippen LogP contribution in [0.25, 0.3) is 0 Å². The van der Waals surface area contributed by atoms with Crippen LogP contribution >= 0.6 is 0 Å². The minimum atomic E-state index is -1.13. The number of benzene rings is 3. The average molecular weight is 1090 g/mol. The van der Waals surface area contributed by atoms with Gasteiger partial charge in [0.1, 0.15) is 29.3 Å². The van der Waals surface area contributed by atoms with Crippen molar-refractivity contribution in [3.05, 3.63) is 107 Å². The van der Waals surface area contributed by atoms with Crippen LogP contribution < -0.4 is 14.8 Å². The largest absolute Gasteiger partial charge is 0.497 e. The number of hydrogen-bond donors (Lipinski definition) is 2. The number of methoxy groups -OCH3 is 2. The summed E-state index contributed by atoms with van der Waals surface area (Å²) in [6.07, 6.45) is 16.8. The summed E-state index contributed by atoms with van der Waals surface area (Å²) >= 11 is 0. The van der Waals surface area contributed by atoms with Gasteiger partial charge in [0.2, 0.25) is 5.91 Å². The van der Waals surface area contributed by atoms with Gasteiger partial charge in [0.05, 0.1) is 40.2 Å². The number of amides is 2. The highest BCUT2D eigenvalue weighted by Gasteiger charge is 2.55. The predicted molar refractivity (Wildman–Crippen MR) is 315 cm³/mol. The first-order valence-corrected chi connectivity index (χ1v) is 30.5. The summed E-state index contributed by atoms with van der Waals surface area (Å²) in [5, 5.41) is 12.2. The number of likely N-dealkylation sites (tertiary alicyclic amines) is 1. The lowest BCUT2D eigenvalue weighted by atomic mass is 9.52. The first-order chi connectivity index (χ1) is 38.2. The van der Waals surface area contributed by atoms with Gasteiger partial charge in [0, 0.05) is 31.8 Å². The van der Waals surface area contributed by atoms with E-state index in [2.05, 4.69) is 46.0 Å². The second-order valence-corrected chi connectivity index (χ2v) is 23.0. The number of carboxylic acid groups (broad SMARTS) is 1. The molecule has 3 aromatic carbocycles. The first kappa shape index (κ1) is 64.5. The summed E-state index contributed by atoms with van der Waals surface area (Å²) in [4.78, 5) is 52.8. The summed E-state index contributed by atoms with van der Waals surface area (Å²) in [7, 11) is 3.23. The lowest BCUT2D eigenvalue weighted by molar-refractivity contribution is -0.154. The number of rotatable bonds is 22. The Labute approximate surface area is 475 Å². The smallest absolute Gasteiger partial charge is 0.407 e. The van der Waals surface area contributed by atoms with E-state index in [-0.39, 0.29) is 44.1 Å². The zero-order valence-corrected chi connectivity index (χ0v) is 50.2. The van der Waals surface area contributed by atoms with E-state index in [1.165, 1.54) is 56.9 Å². The fourth-order valence-electron chi connectivity index (χ4n) is 13.4. The number of ether oxygens (including phenoxy) is 5. The molecule has 12 nitrogen and oxygen atoms in total. The van der Waals surface area contributed by atoms with Crippen molar-refractivity contribution in [1.29, 1.82) is 0 Å². The summed E-state index contributed by atoms with van der Waals surface area (Å²) in [6, 6.07) is 25.3. The zero-order valence-electron chi connectivity index (χ0n) is 50.2. The van der Waals surface area contributed by atoms with Gasteiger partial charge in [-0.05, 0) is 140 Å². The second-order valence-electron chi connectivity index (χ2n) is 23.0. The molecular weight excluding hydrogens is 993 g/mol. The normalized spacial score (nSPS) is 24.7. The molecule has 3 aromatic rings. The van der Waals surface area contributed by atoms with E-state index in [0.717, 1.165) is 72.0 Å². The summed E-state index contributed by atoms with van der Waals surface area (Å²) < 4.78 is 30.1. The third-order valence-electron chi connectivity index (χ3n) is 17.9. The second kappa shape index (κ2) is 32.2. The fourth-order valence-corrected chi connectivity index (χ4v) is 13.4. The SMILES string of the molecule is CC.CC.CCCCC(C)C.COc1ccc(C(OCC2CN(C(=O)CCCCCNC(=O)OC3CCC4C(=CCC5C4CCC4(C)C(C)CCC54)C3)CC2OC(=O)CCC(=O)O)(c2ccccc2)c2ccc(OC)cc2)cc1. The number of nitrogens with one attached hydrogen (secondary N) is 1. The molecule has 2 N–H and O–H groups in total. The minimum absolute atomic E-state index is 0.0647. The molecule has 9 atom stereocenters. The number of allylic oxidation sites excluding steroid dienone is 1. The molecule has 8 rings (SSSR count). The van der Waals surface area contributed by atoms with E-state index in [9.17, 15) is 24.3 Å². The Hall–Kier alpha value is -5.36. The maximum Gasteiger partial charge on any atom is 0.407 e. The molecule has 438 valence electrons. The van der Waals surface area contributed by atoms with Gasteiger partial charge in [0.25, 0.3) is 0 Å². The minimum Gasteiger partial charge on any atom is -0.497 e. The molecule has 0 aromatic heterocycles. The number of carboxylic acids is 1. The van der Waals surface area contributed by atoms with Gasteiger partial charge >= 0.3 is 18.0 Å². The molecule has 0 spiro atoms. The molecule has 4 fully saturated rings. The molecule has 1 saturated heterocycles. The third kappa shape index (κ3) is 17.1. The third-order valence-corrected chi connectivity index (χ3v) is 17.9. The van der Waals surface area contributed by atoms with Crippen LogP contribution in [0.15, 0.2) is 90.5 Å². The van der Waals surface area contributed by atoms with Crippen molar-refractivity contribution in [1.82, 2.24) is 10.2 Å². The Balaban J connectivity index is 0.000000958. The molecule has 1 aliphatic heterocycles. The molecule has 2 amide bonds. The van der Waals surface area contributed by atoms with Crippen molar-refractivity contribution >= 4 is 23.9 Å². The molecule has 79 heavy (non-hydrogen) atoms. The van der Waals surface area contributed by atoms with Gasteiger partial charge in [-0.3, -0.25) is 14.4 Å². The van der Waals surface area contributed by atoms with Crippen molar-refractivity contribution in [3.63, 3.8) is 0 Å². The van der Waals surface area contributed by atoms with Crippen LogP contribution in [0.3, 0.4) is 0 Å². The molecule has 5 aliphatic rings. The number of nitrogens with zero attached hydrogens (tertiary/aromatic N) is 1. The standard InChI is InChI=1S/C56H72N2O10.C7H16.2C2H6/c1-37-14-27-49-48-25-15-38-33-45(24-26-46(38)47(48)30-31-55(37,49)2)67-54(63)57-32-10-6-9-13-51(59)58-34-39(50(35-58)68-53(62)29-28-52(60)61)36-66-56(40-11-7-5-8-12-40,41-16-20-43(64-3)21-17-41)42-18-22-44(65-4)23-19-42;1-4-5-6-7(2)3;2*1-2/h5,7-8,11-12,15-23,37,39,45-50H,6,9-10,13-14,24-36H2,1-4H3,(H,57,63)(H,60,61);7H,4-6H2,1-3H3;2*1-2H3. The number of fused-ring (bicyclic) bond motifs is 5. The number of carbonyl (C=O) groups excluding carboxylic acids is 3. The van der Waals surface area contributed by atoms with Crippen molar-refractivity contribution < 1.29 is 48.0 Å². The van der Waals surface area contributed by atoms with E-state index in [0.29, 0.717) is 55.2 Å². The Morgan fingerprint density at radius 3 is 1.99 bits per heavy atom. The predicted octanol–water partition coefficient (Wildman–Crippen LogP) is 15.0. The monoisotopic (exact) mass is 1090 g/mol. The summed E-state index contributed by atoms with van der Waals surface area (Å²) in [5.41, 5.74) is 3.46. The highest BCUT2D eigenvalue weighted by atomic mass is 16.6. The van der Waals surface area contributed by atoms with Crippen molar-refractivity contribution in [2.75, 3.05) is 40.5 Å². The van der Waals surface area contributed by atoms with E-state index >= 15 is 0 Å². The maximum atomic E-state index is 13.8. The van der Waals surface area contributed by atoms with Gasteiger partial charge in [-0.1, -0.05) is 154 Å². The van der Waals surface area contributed by atoms with Gasteiger partial charge in [-0.2, -0.15) is 0 Å². The van der Waals surface area contributed by atoms with Gasteiger partial charge in [0.15, 0.2) is 0 Å². The highest BCUT2D eigenvalue weighted by molar-refractivity contribution is 5.78. The summed E-state index contributed by atoms with van der Waals surface area (Å²) in [6.45, 7) is 20.9. The number of carbonyl (C=O) groups is 4. The van der Waals surface area contributed by atoms with E-state index in [1.54, 1.807) is 19.1 Å². The maximum absolute atomic E-state index is 13.8.